The molecule has 7 nitrogen and oxygen atoms in total. The number of rotatable bonds is 5. The minimum Gasteiger partial charge on any atom is -0.359 e. The Kier molecular flexibility index (Phi) is 5.36. The predicted octanol–water partition coefficient (Wildman–Crippen LogP) is 7.29. The highest BCUT2D eigenvalue weighted by atomic mass is 35.5. The second-order valence-electron chi connectivity index (χ2n) is 6.55. The zero-order valence-corrected chi connectivity index (χ0v) is 16.7. The first kappa shape index (κ1) is 19.5. The van der Waals surface area contributed by atoms with Crippen LogP contribution in [0.2, 0.25) is 5.02 Å². The Labute approximate surface area is 176 Å². The number of nitro benzene ring substituents is 1. The quantitative estimate of drug-likeness (QED) is 0.160. The minimum atomic E-state index is -0.494. The van der Waals surface area contributed by atoms with Crippen LogP contribution < -0.4 is 0 Å². The molecule has 0 saturated heterocycles. The van der Waals surface area contributed by atoms with E-state index in [1.165, 1.54) is 12.1 Å². The molecule has 0 aliphatic heterocycles. The highest BCUT2D eigenvalue weighted by Crippen LogP contribution is 2.31. The summed E-state index contributed by atoms with van der Waals surface area (Å²) in [6.45, 7) is 1.79. The van der Waals surface area contributed by atoms with Crippen molar-refractivity contribution in [1.82, 2.24) is 4.98 Å². The van der Waals surface area contributed by atoms with Crippen molar-refractivity contribution in [3.05, 3.63) is 93.6 Å². The summed E-state index contributed by atoms with van der Waals surface area (Å²) >= 11 is 5.86. The number of nitrogens with zero attached hydrogens (tertiary/aromatic N) is 4. The fraction of sp³-hybridized carbons (Fsp3) is 0.0455. The molecule has 1 aromatic heterocycles. The molecule has 0 amide bonds. The van der Waals surface area contributed by atoms with Crippen molar-refractivity contribution in [1.29, 1.82) is 0 Å². The molecule has 0 bridgehead atoms. The van der Waals surface area contributed by atoms with Crippen molar-refractivity contribution in [3.8, 4) is 0 Å². The lowest BCUT2D eigenvalue weighted by Crippen LogP contribution is -1.95. The number of azo groups is 1. The largest absolute Gasteiger partial charge is 0.359 e. The molecular weight excluding hydrogens is 402 g/mol. The SMILES string of the molecule is CC(=Nc1ccc(Cl)cc1[N+](=O)[O-])c1ccc(N=Nc2c[nH]c3ccccc23)cc1. The highest BCUT2D eigenvalue weighted by molar-refractivity contribution is 6.30. The van der Waals surface area contributed by atoms with Gasteiger partial charge in [0.2, 0.25) is 0 Å². The molecule has 1 N–H and O–H groups in total. The van der Waals surface area contributed by atoms with Gasteiger partial charge in [-0.25, -0.2) is 4.99 Å². The molecule has 0 saturated carbocycles. The number of aromatic nitrogens is 1. The van der Waals surface area contributed by atoms with Gasteiger partial charge in [-0.3, -0.25) is 10.1 Å². The molecule has 0 aliphatic rings. The van der Waals surface area contributed by atoms with Crippen molar-refractivity contribution in [2.75, 3.05) is 0 Å². The van der Waals surface area contributed by atoms with Crippen LogP contribution in [-0.2, 0) is 0 Å². The molecule has 0 spiro atoms. The van der Waals surface area contributed by atoms with Gasteiger partial charge >= 0.3 is 0 Å². The van der Waals surface area contributed by atoms with Crippen LogP contribution in [0.3, 0.4) is 0 Å². The molecular formula is C22H16ClN5O2. The first-order valence-corrected chi connectivity index (χ1v) is 9.46. The van der Waals surface area contributed by atoms with Crippen LogP contribution in [0.5, 0.6) is 0 Å². The van der Waals surface area contributed by atoms with Gasteiger partial charge in [0.15, 0.2) is 0 Å². The van der Waals surface area contributed by atoms with Gasteiger partial charge in [-0.05, 0) is 42.8 Å². The van der Waals surface area contributed by atoms with E-state index in [1.807, 2.05) is 54.7 Å². The van der Waals surface area contributed by atoms with E-state index < -0.39 is 4.92 Å². The molecule has 0 aliphatic carbocycles. The average molecular weight is 418 g/mol. The van der Waals surface area contributed by atoms with Gasteiger partial charge < -0.3 is 4.98 Å². The number of fused-ring (bicyclic) bond motifs is 1. The van der Waals surface area contributed by atoms with Crippen molar-refractivity contribution in [2.24, 2.45) is 15.2 Å². The number of nitrogens with one attached hydrogen (secondary N) is 1. The molecule has 1 heterocycles. The number of hydrogen-bond donors (Lipinski definition) is 1. The summed E-state index contributed by atoms with van der Waals surface area (Å²) in [6, 6.07) is 19.6. The van der Waals surface area contributed by atoms with Gasteiger partial charge in [0, 0.05) is 33.9 Å². The van der Waals surface area contributed by atoms with E-state index in [1.54, 1.807) is 13.0 Å². The fourth-order valence-electron chi connectivity index (χ4n) is 3.00. The summed E-state index contributed by atoms with van der Waals surface area (Å²) in [6.07, 6.45) is 1.82. The third-order valence-corrected chi connectivity index (χ3v) is 4.78. The molecule has 4 aromatic rings. The number of nitro groups is 1. The van der Waals surface area contributed by atoms with Crippen LogP contribution in [0.15, 0.2) is 88.1 Å². The molecule has 0 atom stereocenters. The Balaban J connectivity index is 1.56. The topological polar surface area (TPSA) is 96.0 Å². The zero-order chi connectivity index (χ0) is 21.1. The van der Waals surface area contributed by atoms with Crippen LogP contribution in [0.1, 0.15) is 12.5 Å². The molecule has 148 valence electrons. The highest BCUT2D eigenvalue weighted by Gasteiger charge is 2.14. The summed E-state index contributed by atoms with van der Waals surface area (Å²) in [5.74, 6) is 0. The van der Waals surface area contributed by atoms with E-state index in [-0.39, 0.29) is 11.4 Å². The van der Waals surface area contributed by atoms with Gasteiger partial charge in [0.1, 0.15) is 11.4 Å². The monoisotopic (exact) mass is 417 g/mol. The van der Waals surface area contributed by atoms with Crippen LogP contribution >= 0.6 is 11.6 Å². The Morgan fingerprint density at radius 2 is 1.77 bits per heavy atom. The number of hydrogen-bond acceptors (Lipinski definition) is 5. The molecule has 0 unspecified atom stereocenters. The van der Waals surface area contributed by atoms with Gasteiger partial charge in [0.25, 0.3) is 5.69 Å². The van der Waals surface area contributed by atoms with Crippen LogP contribution in [0, 0.1) is 10.1 Å². The number of benzene rings is 3. The Morgan fingerprint density at radius 1 is 1.00 bits per heavy atom. The molecule has 3 aromatic carbocycles. The van der Waals surface area contributed by atoms with Crippen molar-refractivity contribution in [2.45, 2.75) is 6.92 Å². The number of halogens is 1. The smallest absolute Gasteiger partial charge is 0.296 e. The van der Waals surface area contributed by atoms with Gasteiger partial charge in [0.05, 0.1) is 10.6 Å². The first-order chi connectivity index (χ1) is 14.5. The van der Waals surface area contributed by atoms with E-state index in [9.17, 15) is 10.1 Å². The standard InChI is InChI=1S/C22H16ClN5O2/c1-14(25-20-11-8-16(23)12-22(20)28(29)30)15-6-9-17(10-7-15)26-27-21-13-24-19-5-3-2-4-18(19)21/h2-13,24H,1H3. The zero-order valence-electron chi connectivity index (χ0n) is 15.9. The summed E-state index contributed by atoms with van der Waals surface area (Å²) in [4.78, 5) is 18.3. The molecule has 0 radical (unpaired) electrons. The fourth-order valence-corrected chi connectivity index (χ4v) is 3.17. The molecule has 0 fully saturated rings. The molecule has 8 heteroatoms. The normalized spacial score (nSPS) is 12.0. The van der Waals surface area contributed by atoms with Gasteiger partial charge in [-0.1, -0.05) is 41.9 Å². The second kappa shape index (κ2) is 8.26. The number of aromatic amines is 1. The lowest BCUT2D eigenvalue weighted by molar-refractivity contribution is -0.384. The maximum Gasteiger partial charge on any atom is 0.296 e. The summed E-state index contributed by atoms with van der Waals surface area (Å²) < 4.78 is 0. The summed E-state index contributed by atoms with van der Waals surface area (Å²) in [7, 11) is 0. The van der Waals surface area contributed by atoms with Crippen LogP contribution in [-0.4, -0.2) is 15.6 Å². The van der Waals surface area contributed by atoms with E-state index in [4.69, 9.17) is 11.6 Å². The predicted molar refractivity (Wildman–Crippen MR) is 119 cm³/mol. The van der Waals surface area contributed by atoms with E-state index in [0.29, 0.717) is 16.4 Å². The van der Waals surface area contributed by atoms with Crippen LogP contribution in [0.25, 0.3) is 10.9 Å². The van der Waals surface area contributed by atoms with Crippen molar-refractivity contribution < 1.29 is 4.92 Å². The first-order valence-electron chi connectivity index (χ1n) is 9.09. The number of aliphatic imine (C=N–C) groups is 1. The lowest BCUT2D eigenvalue weighted by Gasteiger charge is -2.03. The number of para-hydroxylation sites is 1. The molecule has 30 heavy (non-hydrogen) atoms. The summed E-state index contributed by atoms with van der Waals surface area (Å²) in [5.41, 5.74) is 4.04. The van der Waals surface area contributed by atoms with E-state index >= 15 is 0 Å². The third kappa shape index (κ3) is 4.11. The Hall–Kier alpha value is -3.84. The van der Waals surface area contributed by atoms with Gasteiger partial charge in [-0.2, -0.15) is 5.11 Å². The number of H-pyrrole nitrogens is 1. The third-order valence-electron chi connectivity index (χ3n) is 4.55. The minimum absolute atomic E-state index is 0.133. The van der Waals surface area contributed by atoms with E-state index in [0.717, 1.165) is 22.2 Å². The van der Waals surface area contributed by atoms with Crippen LogP contribution in [0.4, 0.5) is 22.7 Å². The lowest BCUT2D eigenvalue weighted by atomic mass is 10.1. The second-order valence-corrected chi connectivity index (χ2v) is 6.99. The van der Waals surface area contributed by atoms with Crippen molar-refractivity contribution in [3.63, 3.8) is 0 Å². The average Bonchev–Trinajstić information content (AvgIpc) is 3.17. The Morgan fingerprint density at radius 3 is 2.53 bits per heavy atom. The Bertz CT molecular complexity index is 1290. The maximum absolute atomic E-state index is 11.2. The molecule has 4 rings (SSSR count). The summed E-state index contributed by atoms with van der Waals surface area (Å²) in [5, 5.41) is 21.2. The van der Waals surface area contributed by atoms with Gasteiger partial charge in [-0.15, -0.1) is 5.11 Å². The van der Waals surface area contributed by atoms with Crippen molar-refractivity contribution >= 4 is 51.0 Å². The maximum atomic E-state index is 11.2. The van der Waals surface area contributed by atoms with E-state index in [2.05, 4.69) is 20.2 Å².